The van der Waals surface area contributed by atoms with Crippen molar-refractivity contribution in [2.75, 3.05) is 0 Å². The van der Waals surface area contributed by atoms with E-state index in [0.717, 1.165) is 61.1 Å². The summed E-state index contributed by atoms with van der Waals surface area (Å²) in [5.74, 6) is 0.637. The molecule has 56 heavy (non-hydrogen) atoms. The number of para-hydroxylation sites is 3. The molecule has 0 radical (unpaired) electrons. The van der Waals surface area contributed by atoms with E-state index in [4.69, 9.17) is 9.97 Å². The van der Waals surface area contributed by atoms with Crippen molar-refractivity contribution in [2.45, 2.75) is 0 Å². The van der Waals surface area contributed by atoms with Gasteiger partial charge in [-0.25, -0.2) is 9.97 Å². The fourth-order valence-electron chi connectivity index (χ4n) is 8.28. The SMILES string of the molecule is c1ccc(-c2ccc(-c3cc(-c4ccccc4)nc(-n4c5ccccc5c5ccc(-c6ccc7c(c6)c6ccccc6n7-c6ccccc6)cc54)n3)cc2)cc1. The predicted molar refractivity (Wildman–Crippen MR) is 232 cm³/mol. The van der Waals surface area contributed by atoms with Crippen LogP contribution >= 0.6 is 0 Å². The molecule has 4 heteroatoms. The lowest BCUT2D eigenvalue weighted by atomic mass is 10.0. The van der Waals surface area contributed by atoms with Crippen molar-refractivity contribution >= 4 is 43.6 Å². The van der Waals surface area contributed by atoms with Gasteiger partial charge in [-0.3, -0.25) is 4.57 Å². The Balaban J connectivity index is 1.10. The number of nitrogens with zero attached hydrogens (tertiary/aromatic N) is 4. The maximum absolute atomic E-state index is 5.33. The zero-order chi connectivity index (χ0) is 37.0. The van der Waals surface area contributed by atoms with E-state index < -0.39 is 0 Å². The van der Waals surface area contributed by atoms with Gasteiger partial charge in [-0.05, 0) is 70.8 Å². The zero-order valence-electron chi connectivity index (χ0n) is 30.4. The fraction of sp³-hybridized carbons (Fsp3) is 0. The van der Waals surface area contributed by atoms with Gasteiger partial charge in [0.25, 0.3) is 0 Å². The van der Waals surface area contributed by atoms with Gasteiger partial charge in [-0.1, -0.05) is 158 Å². The van der Waals surface area contributed by atoms with Crippen LogP contribution in [0.5, 0.6) is 0 Å². The monoisotopic (exact) mass is 714 g/mol. The number of fused-ring (bicyclic) bond motifs is 6. The Morgan fingerprint density at radius 2 is 0.714 bits per heavy atom. The Morgan fingerprint density at radius 1 is 0.268 bits per heavy atom. The van der Waals surface area contributed by atoms with Gasteiger partial charge in [0.1, 0.15) is 0 Å². The second-order valence-electron chi connectivity index (χ2n) is 14.3. The molecule has 11 aromatic rings. The molecule has 0 saturated carbocycles. The van der Waals surface area contributed by atoms with Crippen molar-refractivity contribution in [3.63, 3.8) is 0 Å². The van der Waals surface area contributed by atoms with E-state index >= 15 is 0 Å². The van der Waals surface area contributed by atoms with Gasteiger partial charge >= 0.3 is 0 Å². The molecule has 0 unspecified atom stereocenters. The first kappa shape index (κ1) is 31.9. The summed E-state index contributed by atoms with van der Waals surface area (Å²) in [6.45, 7) is 0. The topological polar surface area (TPSA) is 35.6 Å². The second kappa shape index (κ2) is 13.1. The molecule has 8 aromatic carbocycles. The van der Waals surface area contributed by atoms with Crippen molar-refractivity contribution in [3.05, 3.63) is 206 Å². The lowest BCUT2D eigenvalue weighted by molar-refractivity contribution is 0.996. The molecular weight excluding hydrogens is 681 g/mol. The smallest absolute Gasteiger partial charge is 0.235 e. The van der Waals surface area contributed by atoms with Crippen LogP contribution in [0.2, 0.25) is 0 Å². The third kappa shape index (κ3) is 5.31. The van der Waals surface area contributed by atoms with Crippen molar-refractivity contribution in [1.29, 1.82) is 0 Å². The van der Waals surface area contributed by atoms with Crippen LogP contribution in [-0.4, -0.2) is 19.1 Å². The lowest BCUT2D eigenvalue weighted by Crippen LogP contribution is -2.04. The van der Waals surface area contributed by atoms with Gasteiger partial charge in [-0.2, -0.15) is 0 Å². The van der Waals surface area contributed by atoms with Gasteiger partial charge in [-0.15, -0.1) is 0 Å². The molecule has 11 rings (SSSR count). The highest BCUT2D eigenvalue weighted by Crippen LogP contribution is 2.38. The van der Waals surface area contributed by atoms with Gasteiger partial charge in [0.2, 0.25) is 5.95 Å². The number of hydrogen-bond donors (Lipinski definition) is 0. The van der Waals surface area contributed by atoms with E-state index in [-0.39, 0.29) is 0 Å². The van der Waals surface area contributed by atoms with E-state index in [2.05, 4.69) is 203 Å². The van der Waals surface area contributed by atoms with E-state index in [1.54, 1.807) is 0 Å². The van der Waals surface area contributed by atoms with Gasteiger partial charge < -0.3 is 4.57 Å². The molecule has 0 bridgehead atoms. The van der Waals surface area contributed by atoms with Crippen molar-refractivity contribution < 1.29 is 0 Å². The molecule has 3 heterocycles. The van der Waals surface area contributed by atoms with Crippen molar-refractivity contribution in [3.8, 4) is 56.4 Å². The Labute approximate surface area is 324 Å². The highest BCUT2D eigenvalue weighted by atomic mass is 15.2. The molecule has 4 nitrogen and oxygen atoms in total. The second-order valence-corrected chi connectivity index (χ2v) is 14.3. The molecule has 0 spiro atoms. The maximum Gasteiger partial charge on any atom is 0.235 e. The average Bonchev–Trinajstić information content (AvgIpc) is 3.79. The minimum absolute atomic E-state index is 0.637. The predicted octanol–water partition coefficient (Wildman–Crippen LogP) is 13.3. The lowest BCUT2D eigenvalue weighted by Gasteiger charge is -2.13. The quantitative estimate of drug-likeness (QED) is 0.172. The standard InChI is InChI=1S/C52H34N4/c1-4-14-35(15-5-1)36-24-26-38(27-25-36)47-34-46(37-16-6-2-7-17-37)53-52(54-47)56-49-23-13-10-20-42(49)44-30-28-40(33-51(44)56)39-29-31-50-45(32-39)43-21-11-12-22-48(43)55(50)41-18-8-3-9-19-41/h1-34H. The third-order valence-electron chi connectivity index (χ3n) is 11.0. The molecule has 0 fully saturated rings. The minimum Gasteiger partial charge on any atom is -0.309 e. The van der Waals surface area contributed by atoms with Crippen LogP contribution in [0.25, 0.3) is 100 Å². The first-order valence-electron chi connectivity index (χ1n) is 19.0. The summed E-state index contributed by atoms with van der Waals surface area (Å²) in [5.41, 5.74) is 14.1. The minimum atomic E-state index is 0.637. The molecule has 0 atom stereocenters. The van der Waals surface area contributed by atoms with Crippen LogP contribution in [0.3, 0.4) is 0 Å². The van der Waals surface area contributed by atoms with E-state index in [9.17, 15) is 0 Å². The van der Waals surface area contributed by atoms with Gasteiger partial charge in [0.05, 0.1) is 33.5 Å². The molecule has 0 aliphatic rings. The summed E-state index contributed by atoms with van der Waals surface area (Å²) in [5, 5.41) is 4.79. The Kier molecular flexibility index (Phi) is 7.46. The summed E-state index contributed by atoms with van der Waals surface area (Å²) in [6.07, 6.45) is 0. The molecule has 262 valence electrons. The summed E-state index contributed by atoms with van der Waals surface area (Å²) in [4.78, 5) is 10.6. The number of aromatic nitrogens is 4. The molecule has 0 aliphatic heterocycles. The van der Waals surface area contributed by atoms with Crippen molar-refractivity contribution in [1.82, 2.24) is 19.1 Å². The highest BCUT2D eigenvalue weighted by Gasteiger charge is 2.19. The van der Waals surface area contributed by atoms with E-state index in [0.29, 0.717) is 5.95 Å². The Bertz CT molecular complexity index is 3220. The third-order valence-corrected chi connectivity index (χ3v) is 11.0. The van der Waals surface area contributed by atoms with Crippen LogP contribution in [-0.2, 0) is 0 Å². The van der Waals surface area contributed by atoms with Crippen molar-refractivity contribution in [2.24, 2.45) is 0 Å². The first-order chi connectivity index (χ1) is 27.8. The highest BCUT2D eigenvalue weighted by molar-refractivity contribution is 6.12. The molecule has 0 aliphatic carbocycles. The fourth-order valence-corrected chi connectivity index (χ4v) is 8.28. The normalized spacial score (nSPS) is 11.6. The average molecular weight is 715 g/mol. The van der Waals surface area contributed by atoms with Gasteiger partial charge in [0, 0.05) is 38.4 Å². The van der Waals surface area contributed by atoms with Gasteiger partial charge in [0.15, 0.2) is 0 Å². The molecule has 0 amide bonds. The summed E-state index contributed by atoms with van der Waals surface area (Å²) >= 11 is 0. The Hall–Kier alpha value is -7.56. The molecule has 3 aromatic heterocycles. The largest absolute Gasteiger partial charge is 0.309 e. The molecule has 0 saturated heterocycles. The number of benzene rings is 8. The maximum atomic E-state index is 5.33. The van der Waals surface area contributed by atoms with E-state index in [1.807, 2.05) is 12.1 Å². The van der Waals surface area contributed by atoms with Crippen LogP contribution in [0.4, 0.5) is 0 Å². The van der Waals surface area contributed by atoms with E-state index in [1.165, 1.54) is 32.9 Å². The van der Waals surface area contributed by atoms with Crippen LogP contribution in [0.1, 0.15) is 0 Å². The molecule has 0 N–H and O–H groups in total. The number of rotatable bonds is 6. The Morgan fingerprint density at radius 3 is 1.41 bits per heavy atom. The summed E-state index contributed by atoms with van der Waals surface area (Å²) in [6, 6.07) is 73.2. The summed E-state index contributed by atoms with van der Waals surface area (Å²) < 4.78 is 4.60. The van der Waals surface area contributed by atoms with Crippen LogP contribution in [0, 0.1) is 0 Å². The zero-order valence-corrected chi connectivity index (χ0v) is 30.4. The number of hydrogen-bond acceptors (Lipinski definition) is 2. The first-order valence-corrected chi connectivity index (χ1v) is 19.0. The summed E-state index contributed by atoms with van der Waals surface area (Å²) in [7, 11) is 0. The van der Waals surface area contributed by atoms with Crippen LogP contribution < -0.4 is 0 Å². The molecular formula is C52H34N4. The van der Waals surface area contributed by atoms with Crippen LogP contribution in [0.15, 0.2) is 206 Å².